The van der Waals surface area contributed by atoms with Crippen molar-refractivity contribution in [3.8, 4) is 5.40 Å². The summed E-state index contributed by atoms with van der Waals surface area (Å²) in [5.74, 6) is -0.460. The van der Waals surface area contributed by atoms with Crippen molar-refractivity contribution in [3.05, 3.63) is 35.9 Å². The molecule has 15 heavy (non-hydrogen) atoms. The van der Waals surface area contributed by atoms with E-state index in [2.05, 4.69) is 0 Å². The van der Waals surface area contributed by atoms with Crippen LogP contribution in [0.15, 0.2) is 30.3 Å². The minimum absolute atomic E-state index is 0.460. The number of benzene rings is 1. The number of hydrogen-bond acceptors (Lipinski definition) is 3. The van der Waals surface area contributed by atoms with Gasteiger partial charge in [0.2, 0.25) is 5.91 Å². The molecule has 0 fully saturated rings. The van der Waals surface area contributed by atoms with E-state index in [0.29, 0.717) is 6.42 Å². The maximum absolute atomic E-state index is 11.3. The summed E-state index contributed by atoms with van der Waals surface area (Å²) >= 11 is 0.913. The highest BCUT2D eigenvalue weighted by Gasteiger charge is 2.32. The molecule has 0 aromatic heterocycles. The number of carbonyl (C=O) groups is 1. The largest absolute Gasteiger partial charge is 0.368 e. The number of thioether (sulfide) groups is 1. The predicted molar refractivity (Wildman–Crippen MR) is 60.9 cm³/mol. The SMILES string of the molecule is CC(Cc1ccccc1)(SC#N)C(N)=O. The van der Waals surface area contributed by atoms with Crippen LogP contribution in [0.25, 0.3) is 0 Å². The van der Waals surface area contributed by atoms with Crippen molar-refractivity contribution >= 4 is 17.7 Å². The van der Waals surface area contributed by atoms with E-state index in [1.54, 1.807) is 6.92 Å². The Balaban J connectivity index is 2.86. The second-order valence-corrected chi connectivity index (χ2v) is 4.74. The molecule has 1 rings (SSSR count). The van der Waals surface area contributed by atoms with Crippen molar-refractivity contribution in [3.63, 3.8) is 0 Å². The fraction of sp³-hybridized carbons (Fsp3) is 0.273. The van der Waals surface area contributed by atoms with Crippen LogP contribution in [0.3, 0.4) is 0 Å². The van der Waals surface area contributed by atoms with Crippen LogP contribution in [-0.2, 0) is 11.2 Å². The molecule has 0 aliphatic carbocycles. The van der Waals surface area contributed by atoms with Gasteiger partial charge in [0, 0.05) is 0 Å². The minimum Gasteiger partial charge on any atom is -0.368 e. The number of nitriles is 1. The molecule has 0 aliphatic rings. The van der Waals surface area contributed by atoms with Gasteiger partial charge in [0.05, 0.1) is 0 Å². The summed E-state index contributed by atoms with van der Waals surface area (Å²) < 4.78 is -0.851. The smallest absolute Gasteiger partial charge is 0.234 e. The van der Waals surface area contributed by atoms with Gasteiger partial charge in [-0.05, 0) is 30.7 Å². The van der Waals surface area contributed by atoms with Crippen LogP contribution in [0, 0.1) is 10.7 Å². The highest BCUT2D eigenvalue weighted by Crippen LogP contribution is 2.27. The van der Waals surface area contributed by atoms with Crippen molar-refractivity contribution in [2.45, 2.75) is 18.1 Å². The Hall–Kier alpha value is -1.47. The second-order valence-electron chi connectivity index (χ2n) is 3.45. The summed E-state index contributed by atoms with van der Waals surface area (Å²) in [7, 11) is 0. The van der Waals surface area contributed by atoms with E-state index in [9.17, 15) is 4.79 Å². The third-order valence-corrected chi connectivity index (χ3v) is 3.06. The molecule has 1 aromatic carbocycles. The Bertz CT molecular complexity index is 385. The number of nitrogens with zero attached hydrogens (tertiary/aromatic N) is 1. The zero-order chi connectivity index (χ0) is 11.3. The third kappa shape index (κ3) is 3.00. The lowest BCUT2D eigenvalue weighted by atomic mass is 10.00. The van der Waals surface area contributed by atoms with Crippen LogP contribution in [0.2, 0.25) is 0 Å². The Morgan fingerprint density at radius 2 is 2.13 bits per heavy atom. The van der Waals surface area contributed by atoms with Crippen molar-refractivity contribution in [2.24, 2.45) is 5.73 Å². The fourth-order valence-corrected chi connectivity index (χ4v) is 1.80. The molecule has 1 aromatic rings. The first-order valence-electron chi connectivity index (χ1n) is 4.49. The standard InChI is InChI=1S/C11H12N2OS/c1-11(10(13)14,15-8-12)7-9-5-3-2-4-6-9/h2-6H,7H2,1H3,(H2,13,14). The van der Waals surface area contributed by atoms with E-state index in [4.69, 9.17) is 11.0 Å². The molecule has 0 radical (unpaired) electrons. The summed E-state index contributed by atoms with van der Waals surface area (Å²) in [5.41, 5.74) is 6.30. The summed E-state index contributed by atoms with van der Waals surface area (Å²) in [5, 5.41) is 10.6. The van der Waals surface area contributed by atoms with Crippen LogP contribution in [-0.4, -0.2) is 10.7 Å². The number of amides is 1. The van der Waals surface area contributed by atoms with Gasteiger partial charge in [-0.3, -0.25) is 4.79 Å². The van der Waals surface area contributed by atoms with E-state index in [0.717, 1.165) is 17.3 Å². The number of thiocyanates is 1. The average Bonchev–Trinajstić information content (AvgIpc) is 2.19. The highest BCUT2D eigenvalue weighted by atomic mass is 32.2. The van der Waals surface area contributed by atoms with Gasteiger partial charge < -0.3 is 5.73 Å². The van der Waals surface area contributed by atoms with E-state index < -0.39 is 10.7 Å². The van der Waals surface area contributed by atoms with Crippen molar-refractivity contribution in [1.29, 1.82) is 5.26 Å². The van der Waals surface area contributed by atoms with Gasteiger partial charge in [-0.2, -0.15) is 5.26 Å². The normalized spacial score (nSPS) is 13.9. The number of rotatable bonds is 4. The molecule has 0 saturated carbocycles. The quantitative estimate of drug-likeness (QED) is 0.785. The average molecular weight is 220 g/mol. The number of hydrogen-bond donors (Lipinski definition) is 1. The van der Waals surface area contributed by atoms with E-state index in [1.165, 1.54) is 0 Å². The lowest BCUT2D eigenvalue weighted by Crippen LogP contribution is -2.39. The molecule has 0 bridgehead atoms. The van der Waals surface area contributed by atoms with Crippen LogP contribution >= 0.6 is 11.8 Å². The number of carbonyl (C=O) groups excluding carboxylic acids is 1. The van der Waals surface area contributed by atoms with E-state index >= 15 is 0 Å². The first kappa shape index (κ1) is 11.6. The Morgan fingerprint density at radius 1 is 1.53 bits per heavy atom. The summed E-state index contributed by atoms with van der Waals surface area (Å²) in [6.45, 7) is 1.69. The van der Waals surface area contributed by atoms with Crippen molar-refractivity contribution in [2.75, 3.05) is 0 Å². The summed E-state index contributed by atoms with van der Waals surface area (Å²) in [6.07, 6.45) is 0.474. The highest BCUT2D eigenvalue weighted by molar-refractivity contribution is 8.05. The summed E-state index contributed by atoms with van der Waals surface area (Å²) in [4.78, 5) is 11.3. The van der Waals surface area contributed by atoms with E-state index in [1.807, 2.05) is 35.7 Å². The minimum atomic E-state index is -0.851. The first-order chi connectivity index (χ1) is 7.08. The molecule has 2 N–H and O–H groups in total. The van der Waals surface area contributed by atoms with Gasteiger partial charge in [0.25, 0.3) is 0 Å². The molecule has 1 unspecified atom stereocenters. The molecule has 0 aliphatic heterocycles. The van der Waals surface area contributed by atoms with Crippen LogP contribution in [0.5, 0.6) is 0 Å². The molecule has 3 nitrogen and oxygen atoms in total. The van der Waals surface area contributed by atoms with Gasteiger partial charge >= 0.3 is 0 Å². The second kappa shape index (κ2) is 4.85. The van der Waals surface area contributed by atoms with Gasteiger partial charge in [-0.15, -0.1) is 0 Å². The molecule has 1 atom stereocenters. The summed E-state index contributed by atoms with van der Waals surface area (Å²) in [6, 6.07) is 9.53. The van der Waals surface area contributed by atoms with Gasteiger partial charge in [0.15, 0.2) is 0 Å². The topological polar surface area (TPSA) is 66.9 Å². The van der Waals surface area contributed by atoms with Crippen LogP contribution in [0.1, 0.15) is 12.5 Å². The molecular formula is C11H12N2OS. The Kier molecular flexibility index (Phi) is 3.75. The Morgan fingerprint density at radius 3 is 2.60 bits per heavy atom. The molecule has 0 spiro atoms. The zero-order valence-electron chi connectivity index (χ0n) is 8.43. The molecule has 78 valence electrons. The Labute approximate surface area is 93.3 Å². The van der Waals surface area contributed by atoms with Gasteiger partial charge in [-0.25, -0.2) is 0 Å². The van der Waals surface area contributed by atoms with Crippen molar-refractivity contribution in [1.82, 2.24) is 0 Å². The molecular weight excluding hydrogens is 208 g/mol. The predicted octanol–water partition coefficient (Wildman–Crippen LogP) is 1.69. The van der Waals surface area contributed by atoms with E-state index in [-0.39, 0.29) is 0 Å². The molecule has 1 amide bonds. The molecule has 0 saturated heterocycles. The molecule has 4 heteroatoms. The van der Waals surface area contributed by atoms with Gasteiger partial charge in [-0.1, -0.05) is 30.3 Å². The maximum atomic E-state index is 11.3. The number of primary amides is 1. The fourth-order valence-electron chi connectivity index (χ4n) is 1.26. The lowest BCUT2D eigenvalue weighted by molar-refractivity contribution is -0.119. The van der Waals surface area contributed by atoms with Gasteiger partial charge in [0.1, 0.15) is 10.1 Å². The first-order valence-corrected chi connectivity index (χ1v) is 5.31. The third-order valence-electron chi connectivity index (χ3n) is 2.18. The number of nitrogens with two attached hydrogens (primary N) is 1. The van der Waals surface area contributed by atoms with Crippen LogP contribution < -0.4 is 5.73 Å². The monoisotopic (exact) mass is 220 g/mol. The zero-order valence-corrected chi connectivity index (χ0v) is 9.25. The van der Waals surface area contributed by atoms with Crippen molar-refractivity contribution < 1.29 is 4.79 Å². The van der Waals surface area contributed by atoms with Crippen LogP contribution in [0.4, 0.5) is 0 Å². The maximum Gasteiger partial charge on any atom is 0.234 e. The molecule has 0 heterocycles. The lowest BCUT2D eigenvalue weighted by Gasteiger charge is -2.21.